The van der Waals surface area contributed by atoms with Crippen molar-refractivity contribution >= 4 is 43.7 Å². The molecule has 0 aromatic carbocycles. The van der Waals surface area contributed by atoms with Crippen LogP contribution in [0, 0.1) is 5.21 Å². The Bertz CT molecular complexity index is 851. The number of rotatable bonds is 6. The SMILES string of the molecule is CCN(C(=O)CCS(C)(=O)=O)c1sc(-c2ccc[n+]([O-])c2)nc1Cl. The summed E-state index contributed by atoms with van der Waals surface area (Å²) in [7, 11) is -3.23. The standard InChI is InChI=1S/C14H16ClN3O4S2/c1-3-18(11(19)6-8-24(2,21)22)14-12(15)16-13(23-14)10-5-4-7-17(20)9-10/h4-5,7,9H,3,6,8H2,1-2H3. The molecule has 2 aromatic rings. The zero-order valence-corrected chi connectivity index (χ0v) is 15.5. The van der Waals surface area contributed by atoms with Crippen molar-refractivity contribution in [2.24, 2.45) is 0 Å². The third kappa shape index (κ3) is 4.65. The lowest BCUT2D eigenvalue weighted by atomic mass is 10.3. The lowest BCUT2D eigenvalue weighted by Gasteiger charge is -2.18. The van der Waals surface area contributed by atoms with Crippen molar-refractivity contribution in [3.8, 4) is 10.6 Å². The molecule has 0 saturated heterocycles. The molecular weight excluding hydrogens is 374 g/mol. The first-order valence-corrected chi connectivity index (χ1v) is 10.3. The van der Waals surface area contributed by atoms with E-state index in [0.29, 0.717) is 26.8 Å². The van der Waals surface area contributed by atoms with E-state index in [0.717, 1.165) is 6.26 Å². The van der Waals surface area contributed by atoms with E-state index in [9.17, 15) is 18.4 Å². The summed E-state index contributed by atoms with van der Waals surface area (Å²) in [5.41, 5.74) is 0.588. The van der Waals surface area contributed by atoms with Gasteiger partial charge in [-0.25, -0.2) is 13.4 Å². The summed E-state index contributed by atoms with van der Waals surface area (Å²) >= 11 is 7.32. The lowest BCUT2D eigenvalue weighted by Crippen LogP contribution is -2.31. The maximum absolute atomic E-state index is 12.3. The number of hydrogen-bond acceptors (Lipinski definition) is 6. The van der Waals surface area contributed by atoms with Crippen LogP contribution in [-0.4, -0.2) is 37.9 Å². The van der Waals surface area contributed by atoms with Crippen LogP contribution in [0.15, 0.2) is 24.5 Å². The molecule has 24 heavy (non-hydrogen) atoms. The topological polar surface area (TPSA) is 94.3 Å². The Kier molecular flexibility index (Phi) is 5.79. The first-order chi connectivity index (χ1) is 11.2. The summed E-state index contributed by atoms with van der Waals surface area (Å²) in [5.74, 6) is -0.563. The van der Waals surface area contributed by atoms with Gasteiger partial charge in [0.15, 0.2) is 17.5 Å². The Hall–Kier alpha value is -1.71. The fourth-order valence-electron chi connectivity index (χ4n) is 2.01. The van der Waals surface area contributed by atoms with Crippen molar-refractivity contribution in [3.63, 3.8) is 0 Å². The number of pyridine rings is 1. The fraction of sp³-hybridized carbons (Fsp3) is 0.357. The molecule has 1 amide bonds. The van der Waals surface area contributed by atoms with Gasteiger partial charge in [-0.2, -0.15) is 4.73 Å². The highest BCUT2D eigenvalue weighted by Gasteiger charge is 2.22. The van der Waals surface area contributed by atoms with Gasteiger partial charge in [0.1, 0.15) is 19.8 Å². The van der Waals surface area contributed by atoms with Crippen LogP contribution in [0.5, 0.6) is 0 Å². The molecule has 2 aromatic heterocycles. The van der Waals surface area contributed by atoms with Crippen LogP contribution in [0.2, 0.25) is 5.15 Å². The van der Waals surface area contributed by atoms with Crippen molar-refractivity contribution < 1.29 is 17.9 Å². The van der Waals surface area contributed by atoms with Crippen LogP contribution in [-0.2, 0) is 14.6 Å². The van der Waals surface area contributed by atoms with Gasteiger partial charge in [0.2, 0.25) is 5.91 Å². The third-order valence-electron chi connectivity index (χ3n) is 3.14. The quantitative estimate of drug-likeness (QED) is 0.555. The smallest absolute Gasteiger partial charge is 0.228 e. The van der Waals surface area contributed by atoms with Gasteiger partial charge in [0.25, 0.3) is 0 Å². The van der Waals surface area contributed by atoms with Crippen LogP contribution in [0.4, 0.5) is 5.00 Å². The molecule has 0 bridgehead atoms. The average Bonchev–Trinajstić information content (AvgIpc) is 2.87. The summed E-state index contributed by atoms with van der Waals surface area (Å²) in [4.78, 5) is 17.9. The van der Waals surface area contributed by atoms with E-state index >= 15 is 0 Å². The molecule has 0 unspecified atom stereocenters. The highest BCUT2D eigenvalue weighted by atomic mass is 35.5. The second-order valence-corrected chi connectivity index (χ2v) is 8.68. The molecule has 7 nitrogen and oxygen atoms in total. The summed E-state index contributed by atoms with van der Waals surface area (Å²) in [6.07, 6.45) is 3.68. The van der Waals surface area contributed by atoms with Gasteiger partial charge >= 0.3 is 0 Å². The van der Waals surface area contributed by atoms with Gasteiger partial charge in [-0.1, -0.05) is 22.9 Å². The maximum atomic E-state index is 12.3. The summed E-state index contributed by atoms with van der Waals surface area (Å²) in [6, 6.07) is 3.31. The average molecular weight is 390 g/mol. The molecule has 0 aliphatic rings. The first kappa shape index (κ1) is 18.6. The third-order valence-corrected chi connectivity index (χ3v) is 5.59. The van der Waals surface area contributed by atoms with Crippen LogP contribution in [0.25, 0.3) is 10.6 Å². The van der Waals surface area contributed by atoms with Gasteiger partial charge in [0.05, 0.1) is 11.3 Å². The van der Waals surface area contributed by atoms with Gasteiger partial charge in [0, 0.05) is 25.3 Å². The Morgan fingerprint density at radius 3 is 2.79 bits per heavy atom. The summed E-state index contributed by atoms with van der Waals surface area (Å²) in [5, 5.41) is 12.5. The molecule has 2 heterocycles. The zero-order valence-electron chi connectivity index (χ0n) is 13.1. The van der Waals surface area contributed by atoms with Crippen molar-refractivity contribution in [3.05, 3.63) is 34.9 Å². The van der Waals surface area contributed by atoms with Crippen LogP contribution in [0.1, 0.15) is 13.3 Å². The molecule has 10 heteroatoms. The van der Waals surface area contributed by atoms with Crippen molar-refractivity contribution in [2.45, 2.75) is 13.3 Å². The Morgan fingerprint density at radius 1 is 1.50 bits per heavy atom. The molecule has 0 atom stereocenters. The summed E-state index contributed by atoms with van der Waals surface area (Å²) < 4.78 is 23.1. The number of carbonyl (C=O) groups excluding carboxylic acids is 1. The van der Waals surface area contributed by atoms with Crippen LogP contribution < -0.4 is 9.63 Å². The second kappa shape index (κ2) is 7.45. The summed E-state index contributed by atoms with van der Waals surface area (Å²) in [6.45, 7) is 2.10. The minimum Gasteiger partial charge on any atom is -0.619 e. The Labute approximate surface area is 149 Å². The van der Waals surface area contributed by atoms with Crippen molar-refractivity contribution in [1.82, 2.24) is 4.98 Å². The molecule has 2 rings (SSSR count). The predicted molar refractivity (Wildman–Crippen MR) is 93.9 cm³/mol. The van der Waals surface area contributed by atoms with E-state index in [1.54, 1.807) is 19.1 Å². The van der Waals surface area contributed by atoms with Crippen molar-refractivity contribution in [1.29, 1.82) is 0 Å². The second-order valence-electron chi connectivity index (χ2n) is 5.09. The predicted octanol–water partition coefficient (Wildman–Crippen LogP) is 1.88. The number of sulfone groups is 1. The molecule has 0 N–H and O–H groups in total. The lowest BCUT2D eigenvalue weighted by molar-refractivity contribution is -0.604. The molecule has 0 radical (unpaired) electrons. The number of halogens is 1. The van der Waals surface area contributed by atoms with E-state index in [1.165, 1.54) is 28.6 Å². The van der Waals surface area contributed by atoms with E-state index in [4.69, 9.17) is 11.6 Å². The molecule has 0 aliphatic heterocycles. The first-order valence-electron chi connectivity index (χ1n) is 7.05. The number of carbonyl (C=O) groups is 1. The van der Waals surface area contributed by atoms with E-state index < -0.39 is 9.84 Å². The molecule has 0 aliphatic carbocycles. The Morgan fingerprint density at radius 2 is 2.21 bits per heavy atom. The van der Waals surface area contributed by atoms with Gasteiger partial charge < -0.3 is 10.1 Å². The molecule has 0 fully saturated rings. The number of amides is 1. The minimum atomic E-state index is -3.23. The van der Waals surface area contributed by atoms with E-state index in [1.807, 2.05) is 0 Å². The van der Waals surface area contributed by atoms with Gasteiger partial charge in [-0.05, 0) is 13.0 Å². The van der Waals surface area contributed by atoms with Gasteiger partial charge in [-0.15, -0.1) is 0 Å². The van der Waals surface area contributed by atoms with E-state index in [2.05, 4.69) is 4.98 Å². The minimum absolute atomic E-state index is 0.123. The number of aromatic nitrogens is 2. The number of thiazole rings is 1. The highest BCUT2D eigenvalue weighted by Crippen LogP contribution is 2.37. The normalized spacial score (nSPS) is 11.5. The van der Waals surface area contributed by atoms with Crippen LogP contribution in [0.3, 0.4) is 0 Å². The largest absolute Gasteiger partial charge is 0.619 e. The monoisotopic (exact) mass is 389 g/mol. The van der Waals surface area contributed by atoms with Crippen LogP contribution >= 0.6 is 22.9 Å². The van der Waals surface area contributed by atoms with Gasteiger partial charge in [-0.3, -0.25) is 4.79 Å². The fourth-order valence-corrected chi connectivity index (χ4v) is 3.93. The number of hydrogen-bond donors (Lipinski definition) is 0. The number of anilines is 1. The Balaban J connectivity index is 2.28. The molecular formula is C14H16ClN3O4S2. The van der Waals surface area contributed by atoms with E-state index in [-0.39, 0.29) is 23.2 Å². The molecule has 0 saturated carbocycles. The highest BCUT2D eigenvalue weighted by molar-refractivity contribution is 7.90. The zero-order chi connectivity index (χ0) is 17.9. The molecule has 0 spiro atoms. The van der Waals surface area contributed by atoms with Crippen molar-refractivity contribution in [2.75, 3.05) is 23.5 Å². The maximum Gasteiger partial charge on any atom is 0.228 e. The number of nitrogens with zero attached hydrogens (tertiary/aromatic N) is 3. The molecule has 130 valence electrons.